The Hall–Kier alpha value is -1.55. The number of nitrogens with one attached hydrogen (secondary N) is 1. The van der Waals surface area contributed by atoms with Crippen molar-refractivity contribution in [1.29, 1.82) is 0 Å². The molecule has 1 N–H and O–H groups in total. The Labute approximate surface area is 187 Å². The first kappa shape index (κ1) is 20.1. The maximum atomic E-state index is 13.6. The molecule has 0 spiro atoms. The van der Waals surface area contributed by atoms with E-state index in [-0.39, 0.29) is 5.41 Å². The first-order valence-electron chi connectivity index (χ1n) is 13.0. The number of fused-ring (bicyclic) bond motifs is 1. The number of aryl methyl sites for hydroxylation is 1. The largest absolute Gasteiger partial charge is 0.374 e. The third-order valence-electron chi connectivity index (χ3n) is 9.40. The van der Waals surface area contributed by atoms with Gasteiger partial charge in [0.05, 0.1) is 6.04 Å². The van der Waals surface area contributed by atoms with E-state index in [1.807, 2.05) is 0 Å². The lowest BCUT2D eigenvalue weighted by molar-refractivity contribution is -0.146. The van der Waals surface area contributed by atoms with Crippen LogP contribution in [0, 0.1) is 23.2 Å². The van der Waals surface area contributed by atoms with E-state index >= 15 is 0 Å². The van der Waals surface area contributed by atoms with Crippen LogP contribution in [0.15, 0.2) is 18.2 Å². The van der Waals surface area contributed by atoms with Crippen LogP contribution in [0.1, 0.15) is 75.0 Å². The molecule has 4 aliphatic carbocycles. The highest BCUT2D eigenvalue weighted by Crippen LogP contribution is 2.60. The molecule has 1 atom stereocenters. The van der Waals surface area contributed by atoms with E-state index in [1.165, 1.54) is 61.8 Å². The molecule has 4 nitrogen and oxygen atoms in total. The minimum Gasteiger partial charge on any atom is -0.374 e. The molecule has 168 valence electrons. The molecule has 4 saturated carbocycles. The maximum Gasteiger partial charge on any atom is 0.226 e. The topological polar surface area (TPSA) is 35.6 Å². The summed E-state index contributed by atoms with van der Waals surface area (Å²) in [5, 5.41) is 3.51. The number of rotatable bonds is 5. The van der Waals surface area contributed by atoms with Crippen molar-refractivity contribution in [2.45, 2.75) is 70.3 Å². The molecular weight excluding hydrogens is 382 g/mol. The zero-order valence-corrected chi connectivity index (χ0v) is 19.2. The minimum absolute atomic E-state index is 0.0388. The van der Waals surface area contributed by atoms with Gasteiger partial charge in [-0.2, -0.15) is 0 Å². The van der Waals surface area contributed by atoms with Crippen LogP contribution in [0.3, 0.4) is 0 Å². The Morgan fingerprint density at radius 2 is 1.71 bits per heavy atom. The van der Waals surface area contributed by atoms with Gasteiger partial charge in [-0.05, 0) is 112 Å². The number of amides is 1. The predicted octanol–water partition coefficient (Wildman–Crippen LogP) is 4.54. The molecule has 5 fully saturated rings. The molecular formula is C27H39N3O. The van der Waals surface area contributed by atoms with E-state index in [4.69, 9.17) is 0 Å². The van der Waals surface area contributed by atoms with E-state index < -0.39 is 0 Å². The van der Waals surface area contributed by atoms with Crippen LogP contribution < -0.4 is 10.2 Å². The highest BCUT2D eigenvalue weighted by Gasteiger charge is 2.54. The summed E-state index contributed by atoms with van der Waals surface area (Å²) in [5.74, 6) is 2.85. The monoisotopic (exact) mass is 421 g/mol. The number of benzene rings is 1. The third kappa shape index (κ3) is 3.59. The van der Waals surface area contributed by atoms with Crippen LogP contribution in [0.5, 0.6) is 0 Å². The Kier molecular flexibility index (Phi) is 5.05. The number of likely N-dealkylation sites (tertiary alicyclic amines) is 1. The fourth-order valence-corrected chi connectivity index (χ4v) is 8.29. The van der Waals surface area contributed by atoms with Gasteiger partial charge >= 0.3 is 0 Å². The summed E-state index contributed by atoms with van der Waals surface area (Å²) in [6.07, 6.45) is 12.6. The number of anilines is 1. The molecule has 31 heavy (non-hydrogen) atoms. The summed E-state index contributed by atoms with van der Waals surface area (Å²) in [5.41, 5.74) is 4.25. The van der Waals surface area contributed by atoms with Gasteiger partial charge in [0.15, 0.2) is 0 Å². The molecule has 1 aromatic carbocycles. The first-order chi connectivity index (χ1) is 15.1. The van der Waals surface area contributed by atoms with Gasteiger partial charge in [-0.15, -0.1) is 0 Å². The Bertz CT molecular complexity index is 808. The Morgan fingerprint density at radius 3 is 2.39 bits per heavy atom. The normalized spacial score (nSPS) is 35.3. The van der Waals surface area contributed by atoms with Crippen LogP contribution in [-0.2, 0) is 11.2 Å². The highest BCUT2D eigenvalue weighted by molar-refractivity contribution is 5.83. The summed E-state index contributed by atoms with van der Waals surface area (Å²) in [7, 11) is 2.21. The van der Waals surface area contributed by atoms with Crippen molar-refractivity contribution in [3.8, 4) is 0 Å². The van der Waals surface area contributed by atoms with Crippen molar-refractivity contribution in [1.82, 2.24) is 10.2 Å². The maximum absolute atomic E-state index is 13.6. The molecule has 2 aliphatic heterocycles. The zero-order valence-electron chi connectivity index (χ0n) is 19.2. The van der Waals surface area contributed by atoms with Crippen LogP contribution in [0.2, 0.25) is 0 Å². The number of nitrogens with zero attached hydrogens (tertiary/aromatic N) is 2. The predicted molar refractivity (Wildman–Crippen MR) is 125 cm³/mol. The number of carbonyl (C=O) groups is 1. The quantitative estimate of drug-likeness (QED) is 0.758. The number of hydrogen-bond donors (Lipinski definition) is 1. The third-order valence-corrected chi connectivity index (χ3v) is 9.40. The smallest absolute Gasteiger partial charge is 0.226 e. The van der Waals surface area contributed by atoms with Gasteiger partial charge < -0.3 is 10.2 Å². The van der Waals surface area contributed by atoms with Crippen LogP contribution in [0.4, 0.5) is 5.69 Å². The summed E-state index contributed by atoms with van der Waals surface area (Å²) in [6, 6.07) is 7.43. The van der Waals surface area contributed by atoms with Crippen molar-refractivity contribution in [2.75, 3.05) is 38.1 Å². The zero-order chi connectivity index (χ0) is 21.0. The standard InChI is InChI=1S/C27H39N3O/c1-29-8-4-5-22-14-23(6-7-24(22)29)25(30-9-2-3-10-30)18-28-26(31)27-15-19-11-20(16-27)13-21(12-19)17-27/h6-7,14,19-21,25H,2-5,8-13,15-18H2,1H3,(H,28,31)/t19?,20?,21?,25-,27?/m0/s1. The van der Waals surface area contributed by atoms with Crippen molar-refractivity contribution in [3.05, 3.63) is 29.3 Å². The second-order valence-corrected chi connectivity index (χ2v) is 11.6. The molecule has 0 aromatic heterocycles. The summed E-state index contributed by atoms with van der Waals surface area (Å²) >= 11 is 0. The van der Waals surface area contributed by atoms with Gasteiger partial charge in [0.1, 0.15) is 0 Å². The van der Waals surface area contributed by atoms with Crippen molar-refractivity contribution >= 4 is 11.6 Å². The fourth-order valence-electron chi connectivity index (χ4n) is 8.29. The first-order valence-corrected chi connectivity index (χ1v) is 13.0. The molecule has 0 unspecified atom stereocenters. The highest BCUT2D eigenvalue weighted by atomic mass is 16.2. The fraction of sp³-hybridized carbons (Fsp3) is 0.741. The molecule has 0 radical (unpaired) electrons. The molecule has 1 saturated heterocycles. The van der Waals surface area contributed by atoms with E-state index in [9.17, 15) is 4.79 Å². The molecule has 4 bridgehead atoms. The molecule has 4 heteroatoms. The lowest BCUT2D eigenvalue weighted by atomic mass is 9.49. The van der Waals surface area contributed by atoms with Crippen LogP contribution in [0.25, 0.3) is 0 Å². The average Bonchev–Trinajstić information content (AvgIpc) is 3.27. The van der Waals surface area contributed by atoms with Gasteiger partial charge in [0, 0.05) is 31.2 Å². The van der Waals surface area contributed by atoms with E-state index in [1.54, 1.807) is 0 Å². The van der Waals surface area contributed by atoms with Gasteiger partial charge in [0.2, 0.25) is 5.91 Å². The number of carbonyl (C=O) groups excluding carboxylic acids is 1. The second kappa shape index (κ2) is 7.79. The summed E-state index contributed by atoms with van der Waals surface area (Å²) in [6.45, 7) is 4.25. The van der Waals surface area contributed by atoms with E-state index in [0.717, 1.165) is 63.2 Å². The summed E-state index contributed by atoms with van der Waals surface area (Å²) in [4.78, 5) is 18.6. The minimum atomic E-state index is -0.0388. The molecule has 1 amide bonds. The number of hydrogen-bond acceptors (Lipinski definition) is 3. The second-order valence-electron chi connectivity index (χ2n) is 11.6. The van der Waals surface area contributed by atoms with Crippen LogP contribution >= 0.6 is 0 Å². The molecule has 6 aliphatic rings. The summed E-state index contributed by atoms with van der Waals surface area (Å²) < 4.78 is 0. The SMILES string of the molecule is CN1CCCc2cc([C@H](CNC(=O)C34CC5CC(CC(C5)C3)C4)N3CCCC3)ccc21. The lowest BCUT2D eigenvalue weighted by Crippen LogP contribution is -2.54. The van der Waals surface area contributed by atoms with Gasteiger partial charge in [-0.3, -0.25) is 9.69 Å². The van der Waals surface area contributed by atoms with Gasteiger partial charge in [-0.25, -0.2) is 0 Å². The Balaban J connectivity index is 1.21. The van der Waals surface area contributed by atoms with Gasteiger partial charge in [0.25, 0.3) is 0 Å². The molecule has 7 rings (SSSR count). The average molecular weight is 422 g/mol. The van der Waals surface area contributed by atoms with E-state index in [0.29, 0.717) is 11.9 Å². The van der Waals surface area contributed by atoms with Gasteiger partial charge in [-0.1, -0.05) is 12.1 Å². The van der Waals surface area contributed by atoms with Crippen molar-refractivity contribution in [2.24, 2.45) is 23.2 Å². The van der Waals surface area contributed by atoms with Crippen molar-refractivity contribution in [3.63, 3.8) is 0 Å². The van der Waals surface area contributed by atoms with Crippen LogP contribution in [-0.4, -0.2) is 44.0 Å². The Morgan fingerprint density at radius 1 is 1.03 bits per heavy atom. The molecule has 1 aromatic rings. The van der Waals surface area contributed by atoms with Crippen molar-refractivity contribution < 1.29 is 4.79 Å². The lowest BCUT2D eigenvalue weighted by Gasteiger charge is -2.55. The molecule has 2 heterocycles. The van der Waals surface area contributed by atoms with E-state index in [2.05, 4.69) is 40.4 Å².